The fraction of sp³-hybridized carbons (Fsp3) is 0.214. The van der Waals surface area contributed by atoms with E-state index in [0.717, 1.165) is 11.3 Å². The molecule has 0 aliphatic rings. The molecule has 5 nitrogen and oxygen atoms in total. The Morgan fingerprint density at radius 1 is 1.15 bits per heavy atom. The molecule has 1 aromatic carbocycles. The van der Waals surface area contributed by atoms with Crippen molar-refractivity contribution in [3.8, 4) is 0 Å². The van der Waals surface area contributed by atoms with Crippen LogP contribution in [0.5, 0.6) is 0 Å². The molecule has 0 unspecified atom stereocenters. The highest BCUT2D eigenvalue weighted by molar-refractivity contribution is 7.89. The Balaban J connectivity index is 2.17. The summed E-state index contributed by atoms with van der Waals surface area (Å²) >= 11 is 0. The van der Waals surface area contributed by atoms with E-state index in [1.54, 1.807) is 38.1 Å². The quantitative estimate of drug-likeness (QED) is 0.695. The van der Waals surface area contributed by atoms with Crippen LogP contribution in [0.25, 0.3) is 0 Å². The van der Waals surface area contributed by atoms with Crippen LogP contribution in [0.4, 0.5) is 0 Å². The molecule has 2 rings (SSSR count). The van der Waals surface area contributed by atoms with Crippen molar-refractivity contribution in [2.75, 3.05) is 0 Å². The molecule has 0 aliphatic carbocycles. The van der Waals surface area contributed by atoms with Gasteiger partial charge >= 0.3 is 0 Å². The summed E-state index contributed by atoms with van der Waals surface area (Å²) in [5, 5.41) is 3.71. The van der Waals surface area contributed by atoms with Crippen molar-refractivity contribution < 1.29 is 12.8 Å². The minimum Gasteiger partial charge on any atom is -0.460 e. The molecule has 0 atom stereocenters. The number of hydrogen-bond acceptors (Lipinski definition) is 4. The zero-order valence-electron chi connectivity index (χ0n) is 11.5. The van der Waals surface area contributed by atoms with Gasteiger partial charge in [-0.1, -0.05) is 17.7 Å². The minimum absolute atomic E-state index is 0.218. The Morgan fingerprint density at radius 2 is 1.90 bits per heavy atom. The van der Waals surface area contributed by atoms with Gasteiger partial charge in [-0.2, -0.15) is 18.4 Å². The van der Waals surface area contributed by atoms with Crippen molar-refractivity contribution in [1.29, 1.82) is 0 Å². The van der Waals surface area contributed by atoms with E-state index >= 15 is 0 Å². The Hall–Kier alpha value is -2.08. The van der Waals surface area contributed by atoms with Gasteiger partial charge in [0.05, 0.1) is 11.1 Å². The van der Waals surface area contributed by atoms with Crippen LogP contribution in [0.1, 0.15) is 22.6 Å². The zero-order chi connectivity index (χ0) is 14.8. The molecule has 2 aromatic rings. The van der Waals surface area contributed by atoms with Gasteiger partial charge in [0.2, 0.25) is 0 Å². The minimum atomic E-state index is -3.66. The smallest absolute Gasteiger partial charge is 0.276 e. The second-order valence-electron chi connectivity index (χ2n) is 4.57. The molecule has 0 saturated heterocycles. The lowest BCUT2D eigenvalue weighted by Gasteiger charge is -2.07. The molecule has 6 heteroatoms. The fourth-order valence-corrected chi connectivity index (χ4v) is 2.85. The van der Waals surface area contributed by atoms with Gasteiger partial charge in [0, 0.05) is 0 Å². The summed E-state index contributed by atoms with van der Waals surface area (Å²) in [4.78, 5) is 2.39. The molecule has 1 N–H and O–H groups in total. The van der Waals surface area contributed by atoms with Crippen molar-refractivity contribution in [1.82, 2.24) is 4.83 Å². The van der Waals surface area contributed by atoms with Crippen LogP contribution in [0.3, 0.4) is 0 Å². The molecule has 0 saturated carbocycles. The fourth-order valence-electron chi connectivity index (χ4n) is 1.83. The van der Waals surface area contributed by atoms with Gasteiger partial charge in [0.1, 0.15) is 11.5 Å². The second kappa shape index (κ2) is 5.50. The maximum atomic E-state index is 12.1. The van der Waals surface area contributed by atoms with Crippen molar-refractivity contribution >= 4 is 16.2 Å². The first-order chi connectivity index (χ1) is 9.38. The molecule has 1 heterocycles. The second-order valence-corrected chi connectivity index (χ2v) is 6.20. The lowest BCUT2D eigenvalue weighted by molar-refractivity contribution is 0.527. The molecular formula is C14H16N2O3S. The molecule has 106 valence electrons. The van der Waals surface area contributed by atoms with E-state index in [9.17, 15) is 8.42 Å². The van der Waals surface area contributed by atoms with Crippen LogP contribution in [0.15, 0.2) is 44.7 Å². The highest BCUT2D eigenvalue weighted by atomic mass is 32.2. The number of hydrazone groups is 1. The van der Waals surface area contributed by atoms with Gasteiger partial charge in [0.25, 0.3) is 10.0 Å². The van der Waals surface area contributed by atoms with Crippen molar-refractivity contribution in [3.05, 3.63) is 53.0 Å². The Morgan fingerprint density at radius 3 is 2.50 bits per heavy atom. The van der Waals surface area contributed by atoms with Crippen LogP contribution >= 0.6 is 0 Å². The molecule has 0 aliphatic heterocycles. The first-order valence-corrected chi connectivity index (χ1v) is 7.55. The maximum Gasteiger partial charge on any atom is 0.276 e. The van der Waals surface area contributed by atoms with Gasteiger partial charge in [-0.25, -0.2) is 0 Å². The largest absolute Gasteiger partial charge is 0.460 e. The maximum absolute atomic E-state index is 12.1. The van der Waals surface area contributed by atoms with E-state index < -0.39 is 10.0 Å². The molecular weight excluding hydrogens is 276 g/mol. The van der Waals surface area contributed by atoms with E-state index in [2.05, 4.69) is 9.93 Å². The average Bonchev–Trinajstić information content (AvgIpc) is 2.74. The monoisotopic (exact) mass is 292 g/mol. The Kier molecular flexibility index (Phi) is 3.94. The van der Waals surface area contributed by atoms with Gasteiger partial charge in [-0.3, -0.25) is 0 Å². The normalized spacial score (nSPS) is 11.9. The van der Waals surface area contributed by atoms with Gasteiger partial charge < -0.3 is 4.42 Å². The standard InChI is InChI=1S/C14H16N2O3S/c1-10-4-7-14(11(2)8-10)20(17,18)16-15-9-13-6-5-12(3)19-13/h4-9,16H,1-3H3/b15-9+. The van der Waals surface area contributed by atoms with E-state index in [0.29, 0.717) is 11.3 Å². The topological polar surface area (TPSA) is 71.7 Å². The van der Waals surface area contributed by atoms with Gasteiger partial charge in [0.15, 0.2) is 0 Å². The SMILES string of the molecule is Cc1ccc(S(=O)(=O)N/N=C/c2ccc(C)o2)c(C)c1. The number of furan rings is 1. The van der Waals surface area contributed by atoms with Crippen molar-refractivity contribution in [3.63, 3.8) is 0 Å². The number of nitrogens with zero attached hydrogens (tertiary/aromatic N) is 1. The van der Waals surface area contributed by atoms with Crippen molar-refractivity contribution in [2.24, 2.45) is 5.10 Å². The number of hydrogen-bond donors (Lipinski definition) is 1. The lowest BCUT2D eigenvalue weighted by atomic mass is 10.2. The molecule has 0 amide bonds. The molecule has 0 fully saturated rings. The van der Waals surface area contributed by atoms with E-state index in [1.165, 1.54) is 6.21 Å². The predicted octanol–water partition coefficient (Wildman–Crippen LogP) is 2.52. The van der Waals surface area contributed by atoms with Crippen LogP contribution in [0, 0.1) is 20.8 Å². The first kappa shape index (κ1) is 14.3. The van der Waals surface area contributed by atoms with Crippen LogP contribution in [0.2, 0.25) is 0 Å². The zero-order valence-corrected chi connectivity index (χ0v) is 12.4. The third-order valence-corrected chi connectivity index (χ3v) is 4.13. The van der Waals surface area contributed by atoms with E-state index in [4.69, 9.17) is 4.42 Å². The summed E-state index contributed by atoms with van der Waals surface area (Å²) in [5.74, 6) is 1.23. The third kappa shape index (κ3) is 3.27. The number of nitrogens with one attached hydrogen (secondary N) is 1. The highest BCUT2D eigenvalue weighted by Gasteiger charge is 2.15. The molecule has 0 bridgehead atoms. The van der Waals surface area contributed by atoms with Crippen molar-refractivity contribution in [2.45, 2.75) is 25.7 Å². The van der Waals surface area contributed by atoms with E-state index in [-0.39, 0.29) is 4.90 Å². The molecule has 1 aromatic heterocycles. The predicted molar refractivity (Wildman–Crippen MR) is 77.3 cm³/mol. The van der Waals surface area contributed by atoms with Gasteiger partial charge in [-0.15, -0.1) is 0 Å². The lowest BCUT2D eigenvalue weighted by Crippen LogP contribution is -2.19. The summed E-state index contributed by atoms with van der Waals surface area (Å²) in [6, 6.07) is 8.62. The average molecular weight is 292 g/mol. The number of rotatable bonds is 4. The summed E-state index contributed by atoms with van der Waals surface area (Å²) < 4.78 is 29.5. The van der Waals surface area contributed by atoms with Gasteiger partial charge in [-0.05, 0) is 44.5 Å². The summed E-state index contributed by atoms with van der Waals surface area (Å²) in [5.41, 5.74) is 1.69. The van der Waals surface area contributed by atoms with Crippen LogP contribution < -0.4 is 4.83 Å². The summed E-state index contributed by atoms with van der Waals surface area (Å²) in [7, 11) is -3.66. The highest BCUT2D eigenvalue weighted by Crippen LogP contribution is 2.16. The summed E-state index contributed by atoms with van der Waals surface area (Å²) in [6.07, 6.45) is 1.33. The molecule has 0 spiro atoms. The Bertz CT molecular complexity index is 746. The number of aryl methyl sites for hydroxylation is 3. The van der Waals surface area contributed by atoms with Crippen LogP contribution in [-0.2, 0) is 10.0 Å². The number of benzene rings is 1. The summed E-state index contributed by atoms with van der Waals surface area (Å²) in [6.45, 7) is 5.46. The molecule has 0 radical (unpaired) electrons. The number of sulfonamides is 1. The Labute approximate surface area is 118 Å². The molecule has 20 heavy (non-hydrogen) atoms. The first-order valence-electron chi connectivity index (χ1n) is 6.07. The van der Waals surface area contributed by atoms with Crippen LogP contribution in [-0.4, -0.2) is 14.6 Å². The third-order valence-electron chi connectivity index (χ3n) is 2.75. The van der Waals surface area contributed by atoms with E-state index in [1.807, 2.05) is 13.0 Å².